The van der Waals surface area contributed by atoms with Crippen molar-refractivity contribution in [2.24, 2.45) is 11.7 Å². The number of carbonyl (C=O) groups excluding carboxylic acids is 1. The van der Waals surface area contributed by atoms with Crippen molar-refractivity contribution in [3.8, 4) is 11.3 Å². The van der Waals surface area contributed by atoms with Gasteiger partial charge < -0.3 is 5.73 Å². The van der Waals surface area contributed by atoms with E-state index in [1.54, 1.807) is 11.3 Å². The maximum atomic E-state index is 12.4. The van der Waals surface area contributed by atoms with Gasteiger partial charge in [-0.15, -0.1) is 11.3 Å². The molecule has 1 fully saturated rings. The summed E-state index contributed by atoms with van der Waals surface area (Å²) in [6.07, 6.45) is 4.41. The minimum Gasteiger partial charge on any atom is -0.328 e. The van der Waals surface area contributed by atoms with Crippen LogP contribution in [0.4, 0.5) is 0 Å². The first-order valence-corrected chi connectivity index (χ1v) is 8.38. The molecule has 0 aliphatic heterocycles. The highest BCUT2D eigenvalue weighted by atomic mass is 32.1. The molecule has 110 valence electrons. The van der Waals surface area contributed by atoms with E-state index in [2.05, 4.69) is 4.98 Å². The Balaban J connectivity index is 1.66. The highest BCUT2D eigenvalue weighted by molar-refractivity contribution is 7.10. The van der Waals surface area contributed by atoms with Gasteiger partial charge in [-0.1, -0.05) is 36.8 Å². The summed E-state index contributed by atoms with van der Waals surface area (Å²) in [5, 5.41) is 2.95. The fraction of sp³-hybridized carbons (Fsp3) is 0.412. The third-order valence-electron chi connectivity index (χ3n) is 4.12. The second-order valence-corrected chi connectivity index (χ2v) is 6.70. The number of nitrogens with zero attached hydrogens (tertiary/aromatic N) is 1. The summed E-state index contributed by atoms with van der Waals surface area (Å²) >= 11 is 1.57. The minimum absolute atomic E-state index is 0.137. The molecular weight excluding hydrogens is 280 g/mol. The SMILES string of the molecule is NC1CCCC(C(=O)Cc2nc(-c3ccccc3)cs2)C1. The van der Waals surface area contributed by atoms with Crippen molar-refractivity contribution in [3.63, 3.8) is 0 Å². The highest BCUT2D eigenvalue weighted by Gasteiger charge is 2.25. The first kappa shape index (κ1) is 14.4. The number of benzene rings is 1. The number of nitrogens with two attached hydrogens (primary N) is 1. The largest absolute Gasteiger partial charge is 0.328 e. The van der Waals surface area contributed by atoms with Crippen LogP contribution in [0, 0.1) is 5.92 Å². The standard InChI is InChI=1S/C17H20N2OS/c18-14-8-4-7-13(9-14)16(20)10-17-19-15(11-21-17)12-5-2-1-3-6-12/h1-3,5-6,11,13-14H,4,7-10,18H2. The van der Waals surface area contributed by atoms with Crippen molar-refractivity contribution in [1.82, 2.24) is 4.98 Å². The summed E-state index contributed by atoms with van der Waals surface area (Å²) in [6.45, 7) is 0. The summed E-state index contributed by atoms with van der Waals surface area (Å²) < 4.78 is 0. The molecule has 1 aromatic heterocycles. The molecule has 1 saturated carbocycles. The molecule has 2 atom stereocenters. The number of aromatic nitrogens is 1. The summed E-state index contributed by atoms with van der Waals surface area (Å²) in [6, 6.07) is 10.3. The Morgan fingerprint density at radius 1 is 1.29 bits per heavy atom. The van der Waals surface area contributed by atoms with Gasteiger partial charge in [-0.05, 0) is 19.3 Å². The second-order valence-electron chi connectivity index (χ2n) is 5.76. The number of carbonyl (C=O) groups is 1. The topological polar surface area (TPSA) is 56.0 Å². The van der Waals surface area contributed by atoms with Crippen LogP contribution in [-0.4, -0.2) is 16.8 Å². The molecule has 1 heterocycles. The smallest absolute Gasteiger partial charge is 0.142 e. The van der Waals surface area contributed by atoms with Crippen LogP contribution in [0.3, 0.4) is 0 Å². The summed E-state index contributed by atoms with van der Waals surface area (Å²) in [4.78, 5) is 17.0. The van der Waals surface area contributed by atoms with E-state index in [4.69, 9.17) is 5.73 Å². The van der Waals surface area contributed by atoms with E-state index in [1.807, 2.05) is 35.7 Å². The number of hydrogen-bond donors (Lipinski definition) is 1. The molecule has 1 aliphatic rings. The van der Waals surface area contributed by atoms with E-state index < -0.39 is 0 Å². The van der Waals surface area contributed by atoms with Crippen LogP contribution in [0.15, 0.2) is 35.7 Å². The predicted molar refractivity (Wildman–Crippen MR) is 86.2 cm³/mol. The Morgan fingerprint density at radius 2 is 2.10 bits per heavy atom. The molecule has 0 saturated heterocycles. The van der Waals surface area contributed by atoms with E-state index in [-0.39, 0.29) is 12.0 Å². The molecule has 4 heteroatoms. The zero-order valence-corrected chi connectivity index (χ0v) is 12.8. The van der Waals surface area contributed by atoms with Gasteiger partial charge in [0.15, 0.2) is 0 Å². The molecule has 3 nitrogen and oxygen atoms in total. The van der Waals surface area contributed by atoms with Gasteiger partial charge in [0.2, 0.25) is 0 Å². The van der Waals surface area contributed by atoms with E-state index >= 15 is 0 Å². The van der Waals surface area contributed by atoms with Crippen molar-refractivity contribution in [2.45, 2.75) is 38.1 Å². The van der Waals surface area contributed by atoms with Gasteiger partial charge in [0.1, 0.15) is 10.8 Å². The number of Topliss-reactive ketones (excluding diaryl/α,β-unsaturated/α-hetero) is 1. The van der Waals surface area contributed by atoms with Gasteiger partial charge in [0.25, 0.3) is 0 Å². The van der Waals surface area contributed by atoms with Crippen molar-refractivity contribution in [3.05, 3.63) is 40.7 Å². The van der Waals surface area contributed by atoms with E-state index in [0.717, 1.165) is 41.9 Å². The molecule has 0 spiro atoms. The van der Waals surface area contributed by atoms with E-state index in [1.165, 1.54) is 0 Å². The van der Waals surface area contributed by atoms with Gasteiger partial charge in [0, 0.05) is 22.9 Å². The Labute approximate surface area is 129 Å². The van der Waals surface area contributed by atoms with Crippen LogP contribution >= 0.6 is 11.3 Å². The average molecular weight is 300 g/mol. The minimum atomic E-state index is 0.137. The Morgan fingerprint density at radius 3 is 2.86 bits per heavy atom. The first-order chi connectivity index (χ1) is 10.2. The Hall–Kier alpha value is -1.52. The van der Waals surface area contributed by atoms with E-state index in [9.17, 15) is 4.79 Å². The van der Waals surface area contributed by atoms with Crippen LogP contribution in [0.5, 0.6) is 0 Å². The molecular formula is C17H20N2OS. The molecule has 2 aromatic rings. The lowest BCUT2D eigenvalue weighted by atomic mass is 9.83. The zero-order chi connectivity index (χ0) is 14.7. The molecule has 2 unspecified atom stereocenters. The first-order valence-electron chi connectivity index (χ1n) is 7.50. The number of hydrogen-bond acceptors (Lipinski definition) is 4. The molecule has 1 aromatic carbocycles. The maximum Gasteiger partial charge on any atom is 0.142 e. The zero-order valence-electron chi connectivity index (χ0n) is 12.0. The predicted octanol–water partition coefficient (Wildman–Crippen LogP) is 3.44. The Kier molecular flexibility index (Phi) is 4.46. The number of ketones is 1. The molecule has 21 heavy (non-hydrogen) atoms. The molecule has 0 bridgehead atoms. The summed E-state index contributed by atoms with van der Waals surface area (Å²) in [7, 11) is 0. The summed E-state index contributed by atoms with van der Waals surface area (Å²) in [5.41, 5.74) is 8.04. The van der Waals surface area contributed by atoms with Crippen molar-refractivity contribution < 1.29 is 4.79 Å². The fourth-order valence-corrected chi connectivity index (χ4v) is 3.76. The van der Waals surface area contributed by atoms with Crippen molar-refractivity contribution in [1.29, 1.82) is 0 Å². The van der Waals surface area contributed by atoms with Gasteiger partial charge in [-0.25, -0.2) is 4.98 Å². The third-order valence-corrected chi connectivity index (χ3v) is 4.97. The van der Waals surface area contributed by atoms with Crippen LogP contribution < -0.4 is 5.73 Å². The van der Waals surface area contributed by atoms with Crippen LogP contribution in [0.1, 0.15) is 30.7 Å². The molecule has 3 rings (SSSR count). The molecule has 1 aliphatic carbocycles. The van der Waals surface area contributed by atoms with Crippen molar-refractivity contribution in [2.75, 3.05) is 0 Å². The fourth-order valence-electron chi connectivity index (χ4n) is 2.95. The third kappa shape index (κ3) is 3.57. The Bertz CT molecular complexity index is 608. The number of rotatable bonds is 4. The van der Waals surface area contributed by atoms with Gasteiger partial charge in [0.05, 0.1) is 12.1 Å². The van der Waals surface area contributed by atoms with Gasteiger partial charge in [-0.3, -0.25) is 4.79 Å². The van der Waals surface area contributed by atoms with Gasteiger partial charge in [-0.2, -0.15) is 0 Å². The molecule has 2 N–H and O–H groups in total. The highest BCUT2D eigenvalue weighted by Crippen LogP contribution is 2.27. The molecule has 0 radical (unpaired) electrons. The lowest BCUT2D eigenvalue weighted by Gasteiger charge is -2.25. The van der Waals surface area contributed by atoms with Crippen LogP contribution in [0.25, 0.3) is 11.3 Å². The second kappa shape index (κ2) is 6.50. The van der Waals surface area contributed by atoms with Crippen molar-refractivity contribution >= 4 is 17.1 Å². The lowest BCUT2D eigenvalue weighted by Crippen LogP contribution is -2.32. The van der Waals surface area contributed by atoms with Crippen LogP contribution in [0.2, 0.25) is 0 Å². The maximum absolute atomic E-state index is 12.4. The van der Waals surface area contributed by atoms with E-state index in [0.29, 0.717) is 12.2 Å². The quantitative estimate of drug-likeness (QED) is 0.941. The normalized spacial score (nSPS) is 22.1. The lowest BCUT2D eigenvalue weighted by molar-refractivity contribution is -0.123. The molecule has 0 amide bonds. The van der Waals surface area contributed by atoms with Crippen LogP contribution in [-0.2, 0) is 11.2 Å². The monoisotopic (exact) mass is 300 g/mol. The average Bonchev–Trinajstić information content (AvgIpc) is 2.97. The van der Waals surface area contributed by atoms with Gasteiger partial charge >= 0.3 is 0 Å². The summed E-state index contributed by atoms with van der Waals surface area (Å²) in [5.74, 6) is 0.442. The number of thiazole rings is 1.